The molecule has 0 bridgehead atoms. The average molecular weight is 347 g/mol. The fourth-order valence-electron chi connectivity index (χ4n) is 3.75. The van der Waals surface area contributed by atoms with Gasteiger partial charge >= 0.3 is 5.97 Å². The van der Waals surface area contributed by atoms with Gasteiger partial charge in [-0.15, -0.1) is 0 Å². The maximum Gasteiger partial charge on any atom is 0.335 e. The Kier molecular flexibility index (Phi) is 4.54. The predicted octanol–water partition coefficient (Wildman–Crippen LogP) is 3.56. The van der Waals surface area contributed by atoms with Gasteiger partial charge < -0.3 is 5.11 Å². The number of nitrogens with zero attached hydrogens (tertiary/aromatic N) is 3. The van der Waals surface area contributed by atoms with Crippen molar-refractivity contribution in [2.45, 2.75) is 18.9 Å². The molecule has 1 fully saturated rings. The molecule has 1 saturated heterocycles. The first-order valence-corrected chi connectivity index (χ1v) is 8.84. The van der Waals surface area contributed by atoms with Gasteiger partial charge in [0.25, 0.3) is 0 Å². The molecule has 2 aromatic carbocycles. The van der Waals surface area contributed by atoms with E-state index in [1.54, 1.807) is 18.3 Å². The summed E-state index contributed by atoms with van der Waals surface area (Å²) in [6, 6.07) is 17.7. The summed E-state index contributed by atoms with van der Waals surface area (Å²) in [6.07, 6.45) is 4.70. The van der Waals surface area contributed by atoms with E-state index in [0.717, 1.165) is 37.3 Å². The third kappa shape index (κ3) is 3.39. The number of carboxylic acids is 1. The van der Waals surface area contributed by atoms with E-state index in [-0.39, 0.29) is 5.92 Å². The Balaban J connectivity index is 1.47. The lowest BCUT2D eigenvalue weighted by Gasteiger charge is -2.17. The Labute approximate surface area is 152 Å². The SMILES string of the molecule is O=C(O)c1ccccc1C1CCN(Cc2cccc(-n3cccn3)c2)C1. The van der Waals surface area contributed by atoms with Crippen LogP contribution in [-0.4, -0.2) is 38.8 Å². The highest BCUT2D eigenvalue weighted by atomic mass is 16.4. The van der Waals surface area contributed by atoms with Crippen molar-refractivity contribution in [3.63, 3.8) is 0 Å². The first kappa shape index (κ1) is 16.5. The lowest BCUT2D eigenvalue weighted by atomic mass is 9.93. The number of hydrogen-bond acceptors (Lipinski definition) is 3. The van der Waals surface area contributed by atoms with Crippen LogP contribution in [-0.2, 0) is 6.54 Å². The zero-order chi connectivity index (χ0) is 17.9. The van der Waals surface area contributed by atoms with Gasteiger partial charge in [-0.1, -0.05) is 30.3 Å². The van der Waals surface area contributed by atoms with E-state index in [4.69, 9.17) is 0 Å². The standard InChI is InChI=1S/C21H21N3O2/c25-21(26)20-8-2-1-7-19(20)17-9-12-23(15-17)14-16-5-3-6-18(13-16)24-11-4-10-22-24/h1-8,10-11,13,17H,9,12,14-15H2,(H,25,26). The van der Waals surface area contributed by atoms with Crippen molar-refractivity contribution in [2.24, 2.45) is 0 Å². The molecule has 1 aliphatic heterocycles. The zero-order valence-corrected chi connectivity index (χ0v) is 14.5. The summed E-state index contributed by atoms with van der Waals surface area (Å²) in [5.41, 5.74) is 3.68. The summed E-state index contributed by atoms with van der Waals surface area (Å²) >= 11 is 0. The molecule has 1 aliphatic rings. The Morgan fingerprint density at radius 1 is 1.15 bits per heavy atom. The quantitative estimate of drug-likeness (QED) is 0.767. The van der Waals surface area contributed by atoms with Crippen LogP contribution in [0.5, 0.6) is 0 Å². The van der Waals surface area contributed by atoms with Gasteiger partial charge in [-0.2, -0.15) is 5.10 Å². The number of benzene rings is 2. The van der Waals surface area contributed by atoms with Gasteiger partial charge in [0.2, 0.25) is 0 Å². The number of aromatic carboxylic acids is 1. The largest absolute Gasteiger partial charge is 0.478 e. The van der Waals surface area contributed by atoms with E-state index in [1.807, 2.05) is 35.1 Å². The maximum atomic E-state index is 11.5. The molecular formula is C21H21N3O2. The molecule has 4 rings (SSSR count). The second kappa shape index (κ2) is 7.14. The third-order valence-electron chi connectivity index (χ3n) is 4.99. The van der Waals surface area contributed by atoms with Crippen LogP contribution in [0.3, 0.4) is 0 Å². The van der Waals surface area contributed by atoms with Crippen LogP contribution in [0.1, 0.15) is 33.8 Å². The number of carboxylic acid groups (broad SMARTS) is 1. The van der Waals surface area contributed by atoms with Gasteiger partial charge in [-0.25, -0.2) is 9.48 Å². The van der Waals surface area contributed by atoms with Gasteiger partial charge in [-0.05, 0) is 54.3 Å². The fraction of sp³-hybridized carbons (Fsp3) is 0.238. The van der Waals surface area contributed by atoms with Crippen molar-refractivity contribution in [1.29, 1.82) is 0 Å². The first-order chi connectivity index (χ1) is 12.7. The van der Waals surface area contributed by atoms with Gasteiger partial charge in [0, 0.05) is 25.5 Å². The van der Waals surface area contributed by atoms with E-state index in [0.29, 0.717) is 5.56 Å². The molecule has 0 radical (unpaired) electrons. The summed E-state index contributed by atoms with van der Waals surface area (Å²) in [4.78, 5) is 13.9. The molecule has 0 amide bonds. The molecule has 3 aromatic rings. The van der Waals surface area contributed by atoms with E-state index in [2.05, 4.69) is 28.2 Å². The van der Waals surface area contributed by atoms with Crippen LogP contribution < -0.4 is 0 Å². The van der Waals surface area contributed by atoms with E-state index < -0.39 is 5.97 Å². The second-order valence-corrected chi connectivity index (χ2v) is 6.73. The lowest BCUT2D eigenvalue weighted by Crippen LogP contribution is -2.20. The van der Waals surface area contributed by atoms with E-state index in [9.17, 15) is 9.90 Å². The third-order valence-corrected chi connectivity index (χ3v) is 4.99. The summed E-state index contributed by atoms with van der Waals surface area (Å²) < 4.78 is 1.86. The van der Waals surface area contributed by atoms with Crippen LogP contribution >= 0.6 is 0 Å². The number of likely N-dealkylation sites (tertiary alicyclic amines) is 1. The number of carbonyl (C=O) groups is 1. The van der Waals surface area contributed by atoms with Crippen LogP contribution in [0.4, 0.5) is 0 Å². The number of hydrogen-bond donors (Lipinski definition) is 1. The highest BCUT2D eigenvalue weighted by molar-refractivity contribution is 5.89. The molecule has 0 spiro atoms. The first-order valence-electron chi connectivity index (χ1n) is 8.84. The Morgan fingerprint density at radius 2 is 2.04 bits per heavy atom. The number of aromatic nitrogens is 2. The molecular weight excluding hydrogens is 326 g/mol. The minimum Gasteiger partial charge on any atom is -0.478 e. The van der Waals surface area contributed by atoms with Crippen molar-refractivity contribution in [2.75, 3.05) is 13.1 Å². The van der Waals surface area contributed by atoms with Crippen LogP contribution in [0.2, 0.25) is 0 Å². The fourth-order valence-corrected chi connectivity index (χ4v) is 3.75. The van der Waals surface area contributed by atoms with Crippen molar-refractivity contribution in [3.05, 3.63) is 83.7 Å². The number of rotatable bonds is 5. The highest BCUT2D eigenvalue weighted by Gasteiger charge is 2.26. The van der Waals surface area contributed by atoms with E-state index >= 15 is 0 Å². The predicted molar refractivity (Wildman–Crippen MR) is 99.6 cm³/mol. The zero-order valence-electron chi connectivity index (χ0n) is 14.5. The minimum absolute atomic E-state index is 0.275. The molecule has 132 valence electrons. The molecule has 5 nitrogen and oxygen atoms in total. The molecule has 0 saturated carbocycles. The van der Waals surface area contributed by atoms with Crippen molar-refractivity contribution < 1.29 is 9.90 Å². The molecule has 2 heterocycles. The van der Waals surface area contributed by atoms with Gasteiger partial charge in [0.05, 0.1) is 11.3 Å². The van der Waals surface area contributed by atoms with Gasteiger partial charge in [-0.3, -0.25) is 4.90 Å². The van der Waals surface area contributed by atoms with Crippen LogP contribution in [0.15, 0.2) is 67.0 Å². The highest BCUT2D eigenvalue weighted by Crippen LogP contribution is 2.30. The van der Waals surface area contributed by atoms with Gasteiger partial charge in [0.15, 0.2) is 0 Å². The Hall–Kier alpha value is -2.92. The topological polar surface area (TPSA) is 58.4 Å². The Morgan fingerprint density at radius 3 is 2.85 bits per heavy atom. The van der Waals surface area contributed by atoms with Crippen molar-refractivity contribution in [3.8, 4) is 5.69 Å². The molecule has 1 unspecified atom stereocenters. The van der Waals surface area contributed by atoms with Gasteiger partial charge in [0.1, 0.15) is 0 Å². The maximum absolute atomic E-state index is 11.5. The molecule has 1 N–H and O–H groups in total. The molecule has 0 aliphatic carbocycles. The van der Waals surface area contributed by atoms with Crippen LogP contribution in [0, 0.1) is 0 Å². The molecule has 5 heteroatoms. The summed E-state index contributed by atoms with van der Waals surface area (Å²) in [7, 11) is 0. The summed E-state index contributed by atoms with van der Waals surface area (Å²) in [5, 5.41) is 13.7. The molecule has 1 aromatic heterocycles. The average Bonchev–Trinajstić information content (AvgIpc) is 3.34. The summed E-state index contributed by atoms with van der Waals surface area (Å²) in [6.45, 7) is 2.72. The van der Waals surface area contributed by atoms with Crippen molar-refractivity contribution in [1.82, 2.24) is 14.7 Å². The van der Waals surface area contributed by atoms with E-state index in [1.165, 1.54) is 5.56 Å². The lowest BCUT2D eigenvalue weighted by molar-refractivity contribution is 0.0695. The summed E-state index contributed by atoms with van der Waals surface area (Å²) in [5.74, 6) is -0.567. The van der Waals surface area contributed by atoms with Crippen molar-refractivity contribution >= 4 is 5.97 Å². The smallest absolute Gasteiger partial charge is 0.335 e. The monoisotopic (exact) mass is 347 g/mol. The molecule has 26 heavy (non-hydrogen) atoms. The minimum atomic E-state index is -0.842. The molecule has 1 atom stereocenters. The second-order valence-electron chi connectivity index (χ2n) is 6.73. The Bertz CT molecular complexity index is 905. The van der Waals surface area contributed by atoms with Crippen LogP contribution in [0.25, 0.3) is 5.69 Å². The normalized spacial score (nSPS) is 17.5.